The zero-order chi connectivity index (χ0) is 12.5. The summed E-state index contributed by atoms with van der Waals surface area (Å²) in [6, 6.07) is 3.62. The number of nitrogens with zero attached hydrogens (tertiary/aromatic N) is 3. The van der Waals surface area contributed by atoms with Crippen LogP contribution in [0.25, 0.3) is 0 Å². The summed E-state index contributed by atoms with van der Waals surface area (Å²) >= 11 is 0. The van der Waals surface area contributed by atoms with Crippen LogP contribution in [-0.4, -0.2) is 41.4 Å². The molecule has 0 aromatic carbocycles. The normalized spacial score (nSPS) is 9.94. The summed E-state index contributed by atoms with van der Waals surface area (Å²) in [7, 11) is 0. The molecule has 0 bridgehead atoms. The largest absolute Gasteiger partial charge is 0.394 e. The molecule has 0 unspecified atom stereocenters. The van der Waals surface area contributed by atoms with E-state index in [0.717, 1.165) is 12.1 Å². The third-order valence-corrected chi connectivity index (χ3v) is 1.95. The van der Waals surface area contributed by atoms with E-state index in [-0.39, 0.29) is 6.61 Å². The first kappa shape index (κ1) is 13.4. The predicted molar refractivity (Wildman–Crippen MR) is 62.5 cm³/mol. The van der Waals surface area contributed by atoms with E-state index in [0.29, 0.717) is 31.4 Å². The Bertz CT molecular complexity index is 390. The molecule has 0 radical (unpaired) electrons. The molecule has 17 heavy (non-hydrogen) atoms. The Morgan fingerprint density at radius 2 is 2.29 bits per heavy atom. The summed E-state index contributed by atoms with van der Waals surface area (Å²) in [5, 5.41) is 20.3. The number of rotatable bonds is 7. The van der Waals surface area contributed by atoms with Gasteiger partial charge in [-0.2, -0.15) is 5.26 Å². The molecule has 0 atom stereocenters. The summed E-state index contributed by atoms with van der Waals surface area (Å²) in [6.07, 6.45) is 0.791. The van der Waals surface area contributed by atoms with Crippen molar-refractivity contribution in [1.82, 2.24) is 9.97 Å². The SMILES string of the molecule is Cc1cc(C#N)nc(NCCCOCCO)n1. The van der Waals surface area contributed by atoms with Crippen molar-refractivity contribution < 1.29 is 9.84 Å². The van der Waals surface area contributed by atoms with Gasteiger partial charge in [0.1, 0.15) is 11.8 Å². The number of aryl methyl sites for hydroxylation is 1. The number of anilines is 1. The number of hydrogen-bond acceptors (Lipinski definition) is 6. The van der Waals surface area contributed by atoms with Gasteiger partial charge in [-0.25, -0.2) is 9.97 Å². The smallest absolute Gasteiger partial charge is 0.224 e. The van der Waals surface area contributed by atoms with Crippen LogP contribution in [0, 0.1) is 18.3 Å². The van der Waals surface area contributed by atoms with Crippen LogP contribution in [0.1, 0.15) is 17.8 Å². The lowest BCUT2D eigenvalue weighted by Gasteiger charge is -2.06. The lowest BCUT2D eigenvalue weighted by atomic mass is 10.3. The van der Waals surface area contributed by atoms with Gasteiger partial charge < -0.3 is 15.2 Å². The summed E-state index contributed by atoms with van der Waals surface area (Å²) in [6.45, 7) is 3.46. The van der Waals surface area contributed by atoms with Crippen LogP contribution in [0.2, 0.25) is 0 Å². The fourth-order valence-electron chi connectivity index (χ4n) is 1.25. The van der Waals surface area contributed by atoms with Gasteiger partial charge in [-0.3, -0.25) is 0 Å². The topological polar surface area (TPSA) is 91.1 Å². The van der Waals surface area contributed by atoms with Crippen molar-refractivity contribution in [2.45, 2.75) is 13.3 Å². The van der Waals surface area contributed by atoms with Crippen molar-refractivity contribution in [1.29, 1.82) is 5.26 Å². The summed E-state index contributed by atoms with van der Waals surface area (Å²) in [4.78, 5) is 8.18. The van der Waals surface area contributed by atoms with Crippen LogP contribution in [0.5, 0.6) is 0 Å². The second-order valence-electron chi connectivity index (χ2n) is 3.45. The third-order valence-electron chi connectivity index (χ3n) is 1.95. The third kappa shape index (κ3) is 5.24. The number of aliphatic hydroxyl groups is 1. The second kappa shape index (κ2) is 7.54. The van der Waals surface area contributed by atoms with Crippen LogP contribution in [0.4, 0.5) is 5.95 Å². The molecular weight excluding hydrogens is 220 g/mol. The van der Waals surface area contributed by atoms with Crippen molar-refractivity contribution in [3.8, 4) is 6.07 Å². The summed E-state index contributed by atoms with van der Waals surface area (Å²) in [5.41, 5.74) is 1.12. The van der Waals surface area contributed by atoms with Crippen molar-refractivity contribution in [3.05, 3.63) is 17.5 Å². The van der Waals surface area contributed by atoms with Crippen LogP contribution in [0.15, 0.2) is 6.07 Å². The molecule has 1 aromatic heterocycles. The van der Waals surface area contributed by atoms with E-state index in [2.05, 4.69) is 15.3 Å². The molecule has 0 saturated heterocycles. The molecular formula is C11H16N4O2. The average Bonchev–Trinajstić information content (AvgIpc) is 2.33. The average molecular weight is 236 g/mol. The van der Waals surface area contributed by atoms with E-state index in [9.17, 15) is 0 Å². The van der Waals surface area contributed by atoms with Gasteiger partial charge in [-0.15, -0.1) is 0 Å². The fraction of sp³-hybridized carbons (Fsp3) is 0.545. The second-order valence-corrected chi connectivity index (χ2v) is 3.45. The van der Waals surface area contributed by atoms with Crippen molar-refractivity contribution in [3.63, 3.8) is 0 Å². The standard InChI is InChI=1S/C11H16N4O2/c1-9-7-10(8-12)15-11(14-9)13-3-2-5-17-6-4-16/h7,16H,2-6H2,1H3,(H,13,14,15). The molecule has 1 aromatic rings. The Morgan fingerprint density at radius 3 is 3.00 bits per heavy atom. The van der Waals surface area contributed by atoms with Gasteiger partial charge in [-0.1, -0.05) is 0 Å². The van der Waals surface area contributed by atoms with Gasteiger partial charge >= 0.3 is 0 Å². The Hall–Kier alpha value is -1.71. The molecule has 0 aliphatic heterocycles. The predicted octanol–water partition coefficient (Wildman–Crippen LogP) is 0.468. The molecule has 6 nitrogen and oxygen atoms in total. The highest BCUT2D eigenvalue weighted by Gasteiger charge is 2.00. The number of ether oxygens (including phenoxy) is 1. The minimum absolute atomic E-state index is 0.0416. The van der Waals surface area contributed by atoms with Crippen LogP contribution in [0.3, 0.4) is 0 Å². The maximum absolute atomic E-state index is 8.74. The van der Waals surface area contributed by atoms with Crippen molar-refractivity contribution >= 4 is 5.95 Å². The molecule has 0 aliphatic carbocycles. The molecule has 2 N–H and O–H groups in total. The minimum Gasteiger partial charge on any atom is -0.394 e. The van der Waals surface area contributed by atoms with Gasteiger partial charge in [0.15, 0.2) is 0 Å². The molecule has 0 amide bonds. The minimum atomic E-state index is 0.0416. The van der Waals surface area contributed by atoms with Gasteiger partial charge in [0.2, 0.25) is 5.95 Å². The van der Waals surface area contributed by atoms with E-state index in [1.807, 2.05) is 13.0 Å². The molecule has 92 valence electrons. The Balaban J connectivity index is 2.32. The number of nitriles is 1. The van der Waals surface area contributed by atoms with E-state index in [1.54, 1.807) is 6.07 Å². The number of aliphatic hydroxyl groups excluding tert-OH is 1. The Kier molecular flexibility index (Phi) is 5.93. The highest BCUT2D eigenvalue weighted by Crippen LogP contribution is 2.03. The van der Waals surface area contributed by atoms with Gasteiger partial charge in [0, 0.05) is 18.8 Å². The number of nitrogens with one attached hydrogen (secondary N) is 1. The molecule has 1 rings (SSSR count). The Morgan fingerprint density at radius 1 is 1.47 bits per heavy atom. The van der Waals surface area contributed by atoms with Crippen molar-refractivity contribution in [2.24, 2.45) is 0 Å². The quantitative estimate of drug-likeness (QED) is 0.669. The number of hydrogen-bond donors (Lipinski definition) is 2. The van der Waals surface area contributed by atoms with E-state index in [1.165, 1.54) is 0 Å². The lowest BCUT2D eigenvalue weighted by molar-refractivity contribution is 0.0921. The van der Waals surface area contributed by atoms with Gasteiger partial charge in [-0.05, 0) is 19.4 Å². The molecule has 6 heteroatoms. The highest BCUT2D eigenvalue weighted by molar-refractivity contribution is 5.32. The van der Waals surface area contributed by atoms with E-state index < -0.39 is 0 Å². The summed E-state index contributed by atoms with van der Waals surface area (Å²) in [5.74, 6) is 0.462. The zero-order valence-electron chi connectivity index (χ0n) is 9.81. The Labute approximate surface area is 100 Å². The first-order chi connectivity index (χ1) is 8.26. The van der Waals surface area contributed by atoms with Crippen LogP contribution >= 0.6 is 0 Å². The monoisotopic (exact) mass is 236 g/mol. The first-order valence-corrected chi connectivity index (χ1v) is 5.44. The number of aromatic nitrogens is 2. The maximum atomic E-state index is 8.74. The maximum Gasteiger partial charge on any atom is 0.224 e. The molecule has 1 heterocycles. The van der Waals surface area contributed by atoms with Crippen molar-refractivity contribution in [2.75, 3.05) is 31.7 Å². The highest BCUT2D eigenvalue weighted by atomic mass is 16.5. The fourth-order valence-corrected chi connectivity index (χ4v) is 1.25. The zero-order valence-corrected chi connectivity index (χ0v) is 9.81. The molecule has 0 saturated carbocycles. The molecule has 0 fully saturated rings. The van der Waals surface area contributed by atoms with E-state index in [4.69, 9.17) is 15.1 Å². The summed E-state index contributed by atoms with van der Waals surface area (Å²) < 4.78 is 5.11. The molecule has 0 spiro atoms. The lowest BCUT2D eigenvalue weighted by Crippen LogP contribution is -2.10. The molecule has 0 aliphatic rings. The van der Waals surface area contributed by atoms with Crippen LogP contribution < -0.4 is 5.32 Å². The first-order valence-electron chi connectivity index (χ1n) is 5.44. The van der Waals surface area contributed by atoms with Gasteiger partial charge in [0.05, 0.1) is 13.2 Å². The van der Waals surface area contributed by atoms with Crippen LogP contribution in [-0.2, 0) is 4.74 Å². The van der Waals surface area contributed by atoms with E-state index >= 15 is 0 Å². The van der Waals surface area contributed by atoms with Gasteiger partial charge in [0.25, 0.3) is 0 Å².